The largest absolute Gasteiger partial charge is 0.363 e. The molecule has 4 heteroatoms. The molecule has 2 aromatic rings. The van der Waals surface area contributed by atoms with Crippen LogP contribution in [0, 0.1) is 0 Å². The Hall–Kier alpha value is -1.94. The Balaban J connectivity index is 1.69. The van der Waals surface area contributed by atoms with E-state index >= 15 is 0 Å². The van der Waals surface area contributed by atoms with E-state index in [1.54, 1.807) is 0 Å². The van der Waals surface area contributed by atoms with Crippen LogP contribution in [0.25, 0.3) is 11.3 Å². The summed E-state index contributed by atoms with van der Waals surface area (Å²) in [6, 6.07) is 13.1. The average Bonchev–Trinajstić information content (AvgIpc) is 2.45. The molecule has 0 radical (unpaired) electrons. The molecule has 1 fully saturated rings. The minimum absolute atomic E-state index is 0.489. The summed E-state index contributed by atoms with van der Waals surface area (Å²) in [7, 11) is 0. The summed E-state index contributed by atoms with van der Waals surface area (Å²) in [6.07, 6.45) is 2.31. The van der Waals surface area contributed by atoms with Gasteiger partial charge in [0.15, 0.2) is 0 Å². The molecule has 2 heterocycles. The minimum atomic E-state index is 0.489. The van der Waals surface area contributed by atoms with Crippen molar-refractivity contribution >= 4 is 5.82 Å². The number of rotatable bonds is 5. The van der Waals surface area contributed by atoms with Gasteiger partial charge in [-0.15, -0.1) is 10.2 Å². The summed E-state index contributed by atoms with van der Waals surface area (Å²) < 4.78 is 0. The van der Waals surface area contributed by atoms with Gasteiger partial charge in [-0.1, -0.05) is 37.6 Å². The number of aryl methyl sites for hydroxylation is 1. The van der Waals surface area contributed by atoms with Gasteiger partial charge < -0.3 is 10.6 Å². The fourth-order valence-electron chi connectivity index (χ4n) is 2.29. The standard InChI is InChI=1S/C16H20N4/c1-2-3-12-4-6-13(7-5-12)15-8-9-16(20-19-15)18-14-10-17-11-14/h4-9,14,17H,2-3,10-11H2,1H3,(H,18,20). The van der Waals surface area contributed by atoms with Crippen LogP contribution < -0.4 is 10.6 Å². The number of hydrogen-bond acceptors (Lipinski definition) is 4. The van der Waals surface area contributed by atoms with E-state index in [1.807, 2.05) is 12.1 Å². The van der Waals surface area contributed by atoms with Gasteiger partial charge in [0, 0.05) is 18.7 Å². The number of anilines is 1. The predicted molar refractivity (Wildman–Crippen MR) is 81.7 cm³/mol. The van der Waals surface area contributed by atoms with Crippen LogP contribution in [0.3, 0.4) is 0 Å². The Kier molecular flexibility index (Phi) is 3.92. The van der Waals surface area contributed by atoms with E-state index in [9.17, 15) is 0 Å². The van der Waals surface area contributed by atoms with Crippen molar-refractivity contribution in [2.24, 2.45) is 0 Å². The van der Waals surface area contributed by atoms with Crippen molar-refractivity contribution in [1.29, 1.82) is 0 Å². The Labute approximate surface area is 119 Å². The molecule has 1 aliphatic heterocycles. The molecule has 2 N–H and O–H groups in total. The van der Waals surface area contributed by atoms with Gasteiger partial charge in [-0.2, -0.15) is 0 Å². The Morgan fingerprint density at radius 1 is 1.10 bits per heavy atom. The zero-order valence-electron chi connectivity index (χ0n) is 11.8. The van der Waals surface area contributed by atoms with Crippen LogP contribution in [0.15, 0.2) is 36.4 Å². The fourth-order valence-corrected chi connectivity index (χ4v) is 2.29. The molecule has 1 aliphatic rings. The molecule has 0 saturated carbocycles. The quantitative estimate of drug-likeness (QED) is 0.874. The smallest absolute Gasteiger partial charge is 0.148 e. The van der Waals surface area contributed by atoms with Crippen LogP contribution >= 0.6 is 0 Å². The first-order chi connectivity index (χ1) is 9.85. The first-order valence-corrected chi connectivity index (χ1v) is 7.25. The van der Waals surface area contributed by atoms with Crippen LogP contribution in [0.2, 0.25) is 0 Å². The molecule has 0 atom stereocenters. The van der Waals surface area contributed by atoms with Crippen molar-refractivity contribution in [1.82, 2.24) is 15.5 Å². The van der Waals surface area contributed by atoms with Crippen molar-refractivity contribution in [3.8, 4) is 11.3 Å². The van der Waals surface area contributed by atoms with E-state index in [1.165, 1.54) is 12.0 Å². The van der Waals surface area contributed by atoms with Gasteiger partial charge in [-0.25, -0.2) is 0 Å². The fraction of sp³-hybridized carbons (Fsp3) is 0.375. The highest BCUT2D eigenvalue weighted by atomic mass is 15.2. The summed E-state index contributed by atoms with van der Waals surface area (Å²) in [5, 5.41) is 15.1. The molecule has 0 aliphatic carbocycles. The molecule has 1 aromatic heterocycles. The van der Waals surface area contributed by atoms with Gasteiger partial charge in [-0.3, -0.25) is 0 Å². The number of nitrogens with zero attached hydrogens (tertiary/aromatic N) is 2. The minimum Gasteiger partial charge on any atom is -0.363 e. The van der Waals surface area contributed by atoms with Crippen molar-refractivity contribution in [2.75, 3.05) is 18.4 Å². The number of hydrogen-bond donors (Lipinski definition) is 2. The van der Waals surface area contributed by atoms with E-state index in [2.05, 4.69) is 52.0 Å². The molecule has 1 saturated heterocycles. The molecule has 1 aromatic carbocycles. The van der Waals surface area contributed by atoms with Crippen LogP contribution in [0.4, 0.5) is 5.82 Å². The Bertz CT molecular complexity index is 544. The van der Waals surface area contributed by atoms with E-state index in [4.69, 9.17) is 0 Å². The van der Waals surface area contributed by atoms with Crippen LogP contribution in [0.1, 0.15) is 18.9 Å². The van der Waals surface area contributed by atoms with Gasteiger partial charge >= 0.3 is 0 Å². The van der Waals surface area contributed by atoms with E-state index in [0.717, 1.165) is 36.6 Å². The van der Waals surface area contributed by atoms with E-state index in [0.29, 0.717) is 6.04 Å². The molecule has 4 nitrogen and oxygen atoms in total. The lowest BCUT2D eigenvalue weighted by atomic mass is 10.1. The molecule has 3 rings (SSSR count). The van der Waals surface area contributed by atoms with Gasteiger partial charge in [0.05, 0.1) is 11.7 Å². The van der Waals surface area contributed by atoms with Gasteiger partial charge in [-0.05, 0) is 24.1 Å². The van der Waals surface area contributed by atoms with Gasteiger partial charge in [0.1, 0.15) is 5.82 Å². The first-order valence-electron chi connectivity index (χ1n) is 7.25. The van der Waals surface area contributed by atoms with Gasteiger partial charge in [0.25, 0.3) is 0 Å². The molecule has 0 spiro atoms. The SMILES string of the molecule is CCCc1ccc(-c2ccc(NC3CNC3)nn2)cc1. The van der Waals surface area contributed by atoms with Crippen molar-refractivity contribution in [3.05, 3.63) is 42.0 Å². The lowest BCUT2D eigenvalue weighted by Crippen LogP contribution is -2.51. The predicted octanol–water partition coefficient (Wildman–Crippen LogP) is 2.48. The summed E-state index contributed by atoms with van der Waals surface area (Å²) in [5.74, 6) is 0.850. The molecular weight excluding hydrogens is 248 g/mol. The third-order valence-electron chi connectivity index (χ3n) is 3.59. The number of benzene rings is 1. The molecular formula is C16H20N4. The summed E-state index contributed by atoms with van der Waals surface area (Å²) in [4.78, 5) is 0. The lowest BCUT2D eigenvalue weighted by Gasteiger charge is -2.28. The molecule has 20 heavy (non-hydrogen) atoms. The number of aromatic nitrogens is 2. The third kappa shape index (κ3) is 2.96. The number of nitrogens with one attached hydrogen (secondary N) is 2. The topological polar surface area (TPSA) is 49.8 Å². The normalized spacial score (nSPS) is 14.8. The maximum absolute atomic E-state index is 4.30. The second-order valence-corrected chi connectivity index (χ2v) is 5.25. The zero-order valence-corrected chi connectivity index (χ0v) is 11.8. The maximum Gasteiger partial charge on any atom is 0.148 e. The van der Waals surface area contributed by atoms with Crippen LogP contribution in [0.5, 0.6) is 0 Å². The zero-order chi connectivity index (χ0) is 13.8. The highest BCUT2D eigenvalue weighted by molar-refractivity contribution is 5.60. The van der Waals surface area contributed by atoms with Crippen molar-refractivity contribution in [2.45, 2.75) is 25.8 Å². The highest BCUT2D eigenvalue weighted by Crippen LogP contribution is 2.18. The van der Waals surface area contributed by atoms with E-state index in [-0.39, 0.29) is 0 Å². The first kappa shape index (κ1) is 13.1. The Morgan fingerprint density at radius 3 is 2.45 bits per heavy atom. The van der Waals surface area contributed by atoms with Crippen LogP contribution in [-0.4, -0.2) is 29.3 Å². The summed E-state index contributed by atoms with van der Waals surface area (Å²) in [6.45, 7) is 4.20. The van der Waals surface area contributed by atoms with Crippen molar-refractivity contribution in [3.63, 3.8) is 0 Å². The lowest BCUT2D eigenvalue weighted by molar-refractivity contribution is 0.470. The Morgan fingerprint density at radius 2 is 1.90 bits per heavy atom. The van der Waals surface area contributed by atoms with E-state index < -0.39 is 0 Å². The highest BCUT2D eigenvalue weighted by Gasteiger charge is 2.16. The molecule has 0 unspecified atom stereocenters. The van der Waals surface area contributed by atoms with Crippen LogP contribution in [-0.2, 0) is 6.42 Å². The molecule has 0 bridgehead atoms. The third-order valence-corrected chi connectivity index (χ3v) is 3.59. The maximum atomic E-state index is 4.30. The van der Waals surface area contributed by atoms with Crippen molar-refractivity contribution < 1.29 is 0 Å². The molecule has 104 valence electrons. The second kappa shape index (κ2) is 6.01. The van der Waals surface area contributed by atoms with Gasteiger partial charge in [0.2, 0.25) is 0 Å². The average molecular weight is 268 g/mol. The molecule has 0 amide bonds. The monoisotopic (exact) mass is 268 g/mol. The summed E-state index contributed by atoms with van der Waals surface area (Å²) in [5.41, 5.74) is 3.42. The summed E-state index contributed by atoms with van der Waals surface area (Å²) >= 11 is 0. The second-order valence-electron chi connectivity index (χ2n) is 5.25.